The molecule has 0 radical (unpaired) electrons. The van der Waals surface area contributed by atoms with Crippen LogP contribution in [0.1, 0.15) is 42.2 Å². The Balaban J connectivity index is 2.10. The lowest BCUT2D eigenvalue weighted by atomic mass is 10.1. The van der Waals surface area contributed by atoms with Crippen molar-refractivity contribution in [3.05, 3.63) is 64.7 Å². The summed E-state index contributed by atoms with van der Waals surface area (Å²) in [5, 5.41) is 9.81. The van der Waals surface area contributed by atoms with Gasteiger partial charge in [0.1, 0.15) is 12.4 Å². The Morgan fingerprint density at radius 1 is 1.05 bits per heavy atom. The second-order valence-electron chi connectivity index (χ2n) is 5.18. The average Bonchev–Trinajstić information content (AvgIpc) is 2.46. The van der Waals surface area contributed by atoms with Crippen LogP contribution in [0.25, 0.3) is 0 Å². The van der Waals surface area contributed by atoms with E-state index in [1.807, 2.05) is 25.1 Å². The topological polar surface area (TPSA) is 29.5 Å². The molecule has 0 saturated carbocycles. The Bertz CT molecular complexity index is 556. The summed E-state index contributed by atoms with van der Waals surface area (Å²) in [7, 11) is 0. The third-order valence-corrected chi connectivity index (χ3v) is 3.44. The molecule has 2 heteroatoms. The second-order valence-corrected chi connectivity index (χ2v) is 5.18. The zero-order valence-corrected chi connectivity index (χ0v) is 12.4. The zero-order chi connectivity index (χ0) is 14.5. The van der Waals surface area contributed by atoms with Gasteiger partial charge in [0.15, 0.2) is 0 Å². The first-order valence-corrected chi connectivity index (χ1v) is 7.09. The van der Waals surface area contributed by atoms with Crippen LogP contribution in [0.5, 0.6) is 5.75 Å². The maximum absolute atomic E-state index is 9.81. The van der Waals surface area contributed by atoms with Gasteiger partial charge in [0.2, 0.25) is 0 Å². The first-order valence-electron chi connectivity index (χ1n) is 7.09. The van der Waals surface area contributed by atoms with Crippen molar-refractivity contribution in [1.29, 1.82) is 0 Å². The summed E-state index contributed by atoms with van der Waals surface area (Å²) in [6.45, 7) is 6.44. The quantitative estimate of drug-likeness (QED) is 0.882. The third-order valence-electron chi connectivity index (χ3n) is 3.44. The van der Waals surface area contributed by atoms with Gasteiger partial charge in [-0.25, -0.2) is 0 Å². The highest BCUT2D eigenvalue weighted by Crippen LogP contribution is 2.27. The molecule has 1 N–H and O–H groups in total. The van der Waals surface area contributed by atoms with Crippen molar-refractivity contribution < 1.29 is 9.84 Å². The lowest BCUT2D eigenvalue weighted by molar-refractivity contribution is 0.190. The zero-order valence-electron chi connectivity index (χ0n) is 12.4. The molecule has 2 aromatic rings. The van der Waals surface area contributed by atoms with Gasteiger partial charge in [0.05, 0.1) is 6.10 Å². The summed E-state index contributed by atoms with van der Waals surface area (Å²) in [5.41, 5.74) is 4.43. The molecule has 0 aliphatic carbocycles. The molecule has 0 fully saturated rings. The second kappa shape index (κ2) is 6.58. The van der Waals surface area contributed by atoms with Gasteiger partial charge in [-0.3, -0.25) is 0 Å². The minimum absolute atomic E-state index is 0.521. The fourth-order valence-electron chi connectivity index (χ4n) is 2.16. The van der Waals surface area contributed by atoms with Crippen molar-refractivity contribution >= 4 is 0 Å². The van der Waals surface area contributed by atoms with E-state index >= 15 is 0 Å². The Kier molecular flexibility index (Phi) is 4.80. The van der Waals surface area contributed by atoms with Crippen molar-refractivity contribution in [2.75, 3.05) is 0 Å². The van der Waals surface area contributed by atoms with Crippen molar-refractivity contribution in [2.24, 2.45) is 0 Å². The fourth-order valence-corrected chi connectivity index (χ4v) is 2.16. The van der Waals surface area contributed by atoms with Gasteiger partial charge >= 0.3 is 0 Å². The first-order chi connectivity index (χ1) is 9.60. The number of benzene rings is 2. The molecule has 0 saturated heterocycles. The van der Waals surface area contributed by atoms with E-state index < -0.39 is 6.10 Å². The maximum atomic E-state index is 9.81. The standard InChI is InChI=1S/C18H22O2/c1-4-15-6-8-16(9-7-15)12-20-18-10-5-13(2)11-17(18)14(3)19/h5-11,14,19H,4,12H2,1-3H3. The molecular weight excluding hydrogens is 248 g/mol. The maximum Gasteiger partial charge on any atom is 0.125 e. The molecule has 0 heterocycles. The van der Waals surface area contributed by atoms with E-state index in [9.17, 15) is 5.11 Å². The Morgan fingerprint density at radius 2 is 1.70 bits per heavy atom. The van der Waals surface area contributed by atoms with Crippen molar-refractivity contribution in [3.63, 3.8) is 0 Å². The number of ether oxygens (including phenoxy) is 1. The molecule has 2 rings (SSSR count). The molecule has 0 aliphatic rings. The lowest BCUT2D eigenvalue weighted by Gasteiger charge is -2.14. The van der Waals surface area contributed by atoms with Gasteiger partial charge in [0.25, 0.3) is 0 Å². The summed E-state index contributed by atoms with van der Waals surface area (Å²) in [4.78, 5) is 0. The first kappa shape index (κ1) is 14.6. The molecule has 106 valence electrons. The van der Waals surface area contributed by atoms with Gasteiger partial charge in [0, 0.05) is 5.56 Å². The van der Waals surface area contributed by atoms with Gasteiger partial charge < -0.3 is 9.84 Å². The molecule has 0 aromatic heterocycles. The fraction of sp³-hybridized carbons (Fsp3) is 0.333. The molecule has 1 atom stereocenters. The van der Waals surface area contributed by atoms with Crippen LogP contribution in [-0.2, 0) is 13.0 Å². The van der Waals surface area contributed by atoms with Crippen LogP contribution in [0.15, 0.2) is 42.5 Å². The van der Waals surface area contributed by atoms with E-state index in [-0.39, 0.29) is 0 Å². The number of aryl methyl sites for hydroxylation is 2. The van der Waals surface area contributed by atoms with Gasteiger partial charge in [-0.1, -0.05) is 42.8 Å². The number of aliphatic hydroxyl groups is 1. The van der Waals surface area contributed by atoms with Crippen LogP contribution < -0.4 is 4.74 Å². The highest BCUT2D eigenvalue weighted by Gasteiger charge is 2.09. The summed E-state index contributed by atoms with van der Waals surface area (Å²) >= 11 is 0. The van der Waals surface area contributed by atoms with Crippen LogP contribution in [0.2, 0.25) is 0 Å². The minimum Gasteiger partial charge on any atom is -0.489 e. The molecule has 0 spiro atoms. The van der Waals surface area contributed by atoms with E-state index in [2.05, 4.69) is 31.2 Å². The number of aliphatic hydroxyl groups excluding tert-OH is 1. The number of rotatable bonds is 5. The number of hydrogen-bond acceptors (Lipinski definition) is 2. The van der Waals surface area contributed by atoms with E-state index in [0.717, 1.165) is 28.9 Å². The largest absolute Gasteiger partial charge is 0.489 e. The summed E-state index contributed by atoms with van der Waals surface area (Å²) in [6.07, 6.45) is 0.526. The smallest absolute Gasteiger partial charge is 0.125 e. The molecule has 0 bridgehead atoms. The van der Waals surface area contributed by atoms with Crippen LogP contribution in [-0.4, -0.2) is 5.11 Å². The van der Waals surface area contributed by atoms with Crippen LogP contribution in [0.3, 0.4) is 0 Å². The van der Waals surface area contributed by atoms with Crippen LogP contribution >= 0.6 is 0 Å². The summed E-state index contributed by atoms with van der Waals surface area (Å²) < 4.78 is 5.85. The predicted octanol–water partition coefficient (Wildman–Crippen LogP) is 4.19. The number of hydrogen-bond donors (Lipinski definition) is 1. The van der Waals surface area contributed by atoms with Crippen molar-refractivity contribution in [3.8, 4) is 5.75 Å². The average molecular weight is 270 g/mol. The Hall–Kier alpha value is -1.80. The van der Waals surface area contributed by atoms with Crippen LogP contribution in [0, 0.1) is 6.92 Å². The monoisotopic (exact) mass is 270 g/mol. The molecule has 0 aliphatic heterocycles. The molecule has 1 unspecified atom stereocenters. The van der Waals surface area contributed by atoms with Crippen molar-refractivity contribution in [1.82, 2.24) is 0 Å². The summed E-state index contributed by atoms with van der Waals surface area (Å²) in [6, 6.07) is 14.3. The van der Waals surface area contributed by atoms with Gasteiger partial charge in [-0.05, 0) is 43.5 Å². The van der Waals surface area contributed by atoms with Gasteiger partial charge in [-0.15, -0.1) is 0 Å². The molecular formula is C18H22O2. The van der Waals surface area contributed by atoms with E-state index in [1.165, 1.54) is 5.56 Å². The van der Waals surface area contributed by atoms with E-state index in [4.69, 9.17) is 4.74 Å². The summed E-state index contributed by atoms with van der Waals surface area (Å²) in [5.74, 6) is 0.755. The Labute approximate surface area is 121 Å². The molecule has 0 amide bonds. The minimum atomic E-state index is -0.521. The molecule has 2 nitrogen and oxygen atoms in total. The molecule has 20 heavy (non-hydrogen) atoms. The predicted molar refractivity (Wildman–Crippen MR) is 82.0 cm³/mol. The van der Waals surface area contributed by atoms with E-state index in [1.54, 1.807) is 6.92 Å². The third kappa shape index (κ3) is 3.61. The lowest BCUT2D eigenvalue weighted by Crippen LogP contribution is -2.01. The van der Waals surface area contributed by atoms with E-state index in [0.29, 0.717) is 6.61 Å². The highest BCUT2D eigenvalue weighted by atomic mass is 16.5. The SMILES string of the molecule is CCc1ccc(COc2ccc(C)cc2C(C)O)cc1. The normalized spacial score (nSPS) is 12.2. The highest BCUT2D eigenvalue weighted by molar-refractivity contribution is 5.38. The van der Waals surface area contributed by atoms with Gasteiger partial charge in [-0.2, -0.15) is 0 Å². The van der Waals surface area contributed by atoms with Crippen LogP contribution in [0.4, 0.5) is 0 Å². The molecule has 2 aromatic carbocycles. The van der Waals surface area contributed by atoms with Crippen molar-refractivity contribution in [2.45, 2.75) is 39.9 Å². The Morgan fingerprint density at radius 3 is 2.30 bits per heavy atom.